The lowest BCUT2D eigenvalue weighted by molar-refractivity contribution is -0.109. The zero-order valence-corrected chi connectivity index (χ0v) is 16.0. The SMILES string of the molecule is CCCC(C=O)NC(=O)c1ccc(NCC2=Nc3c(nc(N)[nH]c3=O)NC2)cc1. The zero-order valence-electron chi connectivity index (χ0n) is 16.0. The summed E-state index contributed by atoms with van der Waals surface area (Å²) in [5.41, 5.74) is 7.31. The first-order chi connectivity index (χ1) is 14.0. The van der Waals surface area contributed by atoms with Crippen molar-refractivity contribution in [2.75, 3.05) is 29.5 Å². The van der Waals surface area contributed by atoms with Crippen molar-refractivity contribution in [3.8, 4) is 0 Å². The molecular formula is C19H23N7O3. The molecule has 29 heavy (non-hydrogen) atoms. The molecule has 0 radical (unpaired) electrons. The Hall–Kier alpha value is -3.69. The van der Waals surface area contributed by atoms with Crippen molar-refractivity contribution < 1.29 is 9.59 Å². The van der Waals surface area contributed by atoms with Gasteiger partial charge in [0.15, 0.2) is 11.5 Å². The summed E-state index contributed by atoms with van der Waals surface area (Å²) in [5.74, 6) is 0.115. The van der Waals surface area contributed by atoms with Gasteiger partial charge in [-0.3, -0.25) is 14.6 Å². The van der Waals surface area contributed by atoms with Crippen LogP contribution in [0.5, 0.6) is 0 Å². The van der Waals surface area contributed by atoms with Crippen LogP contribution in [0.25, 0.3) is 0 Å². The third kappa shape index (κ3) is 4.98. The van der Waals surface area contributed by atoms with E-state index in [1.165, 1.54) is 0 Å². The van der Waals surface area contributed by atoms with E-state index < -0.39 is 11.6 Å². The molecule has 1 aromatic heterocycles. The van der Waals surface area contributed by atoms with Gasteiger partial charge in [-0.1, -0.05) is 13.3 Å². The first-order valence-corrected chi connectivity index (χ1v) is 9.30. The maximum atomic E-state index is 12.2. The van der Waals surface area contributed by atoms with E-state index in [9.17, 15) is 14.4 Å². The highest BCUT2D eigenvalue weighted by Gasteiger charge is 2.17. The van der Waals surface area contributed by atoms with Gasteiger partial charge in [-0.25, -0.2) is 4.99 Å². The number of nitrogens with two attached hydrogens (primary N) is 1. The average Bonchev–Trinajstić information content (AvgIpc) is 2.72. The minimum atomic E-state index is -0.474. The second-order valence-corrected chi connectivity index (χ2v) is 6.62. The molecule has 1 aliphatic rings. The molecule has 1 aliphatic heterocycles. The normalized spacial score (nSPS) is 13.5. The fraction of sp³-hybridized carbons (Fsp3) is 0.316. The van der Waals surface area contributed by atoms with E-state index in [1.54, 1.807) is 24.3 Å². The molecular weight excluding hydrogens is 374 g/mol. The van der Waals surface area contributed by atoms with Crippen LogP contribution in [-0.2, 0) is 4.79 Å². The number of nitrogens with one attached hydrogen (secondary N) is 4. The number of rotatable bonds is 8. The zero-order chi connectivity index (χ0) is 20.8. The molecule has 0 bridgehead atoms. The fourth-order valence-corrected chi connectivity index (χ4v) is 2.88. The number of aromatic amines is 1. The van der Waals surface area contributed by atoms with Crippen molar-refractivity contribution >= 4 is 41.0 Å². The van der Waals surface area contributed by atoms with Gasteiger partial charge >= 0.3 is 0 Å². The standard InChI is InChI=1S/C19H23N7O3/c1-2-3-13(10-27)24-17(28)11-4-6-12(7-5-11)21-8-14-9-22-16-15(23-14)18(29)26-19(20)25-16/h4-7,10,13,21H,2-3,8-9H2,1H3,(H,24,28)(H4,20,22,25,26,29). The Morgan fingerprint density at radius 3 is 2.79 bits per heavy atom. The summed E-state index contributed by atoms with van der Waals surface area (Å²) in [6.07, 6.45) is 2.17. The number of nitrogens with zero attached hydrogens (tertiary/aromatic N) is 2. The number of anilines is 3. The number of carbonyl (C=O) groups excluding carboxylic acids is 2. The number of aromatic nitrogens is 2. The quantitative estimate of drug-likeness (QED) is 0.417. The summed E-state index contributed by atoms with van der Waals surface area (Å²) in [6, 6.07) is 6.42. The first-order valence-electron chi connectivity index (χ1n) is 9.30. The van der Waals surface area contributed by atoms with E-state index in [0.29, 0.717) is 30.9 Å². The van der Waals surface area contributed by atoms with E-state index >= 15 is 0 Å². The van der Waals surface area contributed by atoms with Crippen molar-refractivity contribution in [1.29, 1.82) is 0 Å². The second-order valence-electron chi connectivity index (χ2n) is 6.62. The molecule has 2 aromatic rings. The van der Waals surface area contributed by atoms with Crippen molar-refractivity contribution in [2.45, 2.75) is 25.8 Å². The minimum Gasteiger partial charge on any atom is -0.380 e. The van der Waals surface area contributed by atoms with Gasteiger partial charge in [-0.05, 0) is 30.7 Å². The van der Waals surface area contributed by atoms with E-state index in [0.717, 1.165) is 24.1 Å². The molecule has 10 nitrogen and oxygen atoms in total. The summed E-state index contributed by atoms with van der Waals surface area (Å²) in [5, 5.41) is 8.93. The molecule has 0 saturated heterocycles. The van der Waals surface area contributed by atoms with Crippen LogP contribution in [-0.4, -0.2) is 47.0 Å². The average molecular weight is 397 g/mol. The predicted octanol–water partition coefficient (Wildman–Crippen LogP) is 1.06. The smallest absolute Gasteiger partial charge is 0.280 e. The lowest BCUT2D eigenvalue weighted by Crippen LogP contribution is -2.35. The predicted molar refractivity (Wildman–Crippen MR) is 112 cm³/mol. The third-order valence-corrected chi connectivity index (χ3v) is 4.37. The molecule has 1 unspecified atom stereocenters. The molecule has 1 aromatic carbocycles. The highest BCUT2D eigenvalue weighted by molar-refractivity contribution is 5.98. The minimum absolute atomic E-state index is 0.0382. The molecule has 152 valence electrons. The Kier molecular flexibility index (Phi) is 6.22. The highest BCUT2D eigenvalue weighted by atomic mass is 16.2. The van der Waals surface area contributed by atoms with Gasteiger partial charge in [-0.2, -0.15) is 4.98 Å². The molecule has 0 saturated carbocycles. The van der Waals surface area contributed by atoms with Gasteiger partial charge in [0.25, 0.3) is 11.5 Å². The second kappa shape index (κ2) is 9.00. The molecule has 0 aliphatic carbocycles. The van der Waals surface area contributed by atoms with E-state index in [1.807, 2.05) is 6.92 Å². The third-order valence-electron chi connectivity index (χ3n) is 4.37. The van der Waals surface area contributed by atoms with Crippen LogP contribution in [0.4, 0.5) is 23.1 Å². The van der Waals surface area contributed by atoms with Crippen LogP contribution in [0.3, 0.4) is 0 Å². The van der Waals surface area contributed by atoms with Crippen LogP contribution in [0.1, 0.15) is 30.1 Å². The van der Waals surface area contributed by atoms with Gasteiger partial charge in [0.05, 0.1) is 24.8 Å². The Morgan fingerprint density at radius 1 is 1.34 bits per heavy atom. The number of H-pyrrole nitrogens is 1. The summed E-state index contributed by atoms with van der Waals surface area (Å²) in [7, 11) is 0. The number of benzene rings is 1. The van der Waals surface area contributed by atoms with Crippen molar-refractivity contribution in [2.24, 2.45) is 4.99 Å². The number of aliphatic imine (C=N–C) groups is 1. The summed E-state index contributed by atoms with van der Waals surface area (Å²) in [6.45, 7) is 2.79. The molecule has 3 rings (SSSR count). The lowest BCUT2D eigenvalue weighted by atomic mass is 10.1. The summed E-state index contributed by atoms with van der Waals surface area (Å²) in [4.78, 5) is 45.9. The van der Waals surface area contributed by atoms with E-state index in [2.05, 4.69) is 30.9 Å². The van der Waals surface area contributed by atoms with Crippen molar-refractivity contribution in [1.82, 2.24) is 15.3 Å². The van der Waals surface area contributed by atoms with Crippen LogP contribution >= 0.6 is 0 Å². The van der Waals surface area contributed by atoms with Crippen LogP contribution in [0.15, 0.2) is 34.1 Å². The number of hydrogen-bond donors (Lipinski definition) is 5. The van der Waals surface area contributed by atoms with Crippen molar-refractivity contribution in [3.63, 3.8) is 0 Å². The molecule has 2 heterocycles. The molecule has 0 spiro atoms. The molecule has 10 heteroatoms. The van der Waals surface area contributed by atoms with Crippen LogP contribution in [0.2, 0.25) is 0 Å². The number of fused-ring (bicyclic) bond motifs is 1. The number of amides is 1. The summed E-state index contributed by atoms with van der Waals surface area (Å²) >= 11 is 0. The van der Waals surface area contributed by atoms with Gasteiger partial charge in [0.2, 0.25) is 5.95 Å². The van der Waals surface area contributed by atoms with Gasteiger partial charge in [-0.15, -0.1) is 0 Å². The topological polar surface area (TPSA) is 154 Å². The number of hydrogen-bond acceptors (Lipinski definition) is 8. The fourth-order valence-electron chi connectivity index (χ4n) is 2.88. The molecule has 1 atom stereocenters. The molecule has 6 N–H and O–H groups in total. The van der Waals surface area contributed by atoms with Crippen LogP contribution in [0, 0.1) is 0 Å². The van der Waals surface area contributed by atoms with Gasteiger partial charge < -0.3 is 26.5 Å². The Bertz CT molecular complexity index is 982. The Morgan fingerprint density at radius 2 is 2.10 bits per heavy atom. The van der Waals surface area contributed by atoms with E-state index in [4.69, 9.17) is 5.73 Å². The number of carbonyl (C=O) groups is 2. The van der Waals surface area contributed by atoms with Gasteiger partial charge in [0.1, 0.15) is 6.29 Å². The highest BCUT2D eigenvalue weighted by Crippen LogP contribution is 2.21. The first kappa shape index (κ1) is 20.1. The van der Waals surface area contributed by atoms with Crippen molar-refractivity contribution in [3.05, 3.63) is 40.2 Å². The van der Waals surface area contributed by atoms with E-state index in [-0.39, 0.29) is 17.5 Å². The number of nitrogen functional groups attached to an aromatic ring is 1. The molecule has 0 fully saturated rings. The Balaban J connectivity index is 1.60. The van der Waals surface area contributed by atoms with Gasteiger partial charge in [0, 0.05) is 11.3 Å². The maximum Gasteiger partial charge on any atom is 0.280 e. The number of aldehydes is 1. The maximum absolute atomic E-state index is 12.2. The summed E-state index contributed by atoms with van der Waals surface area (Å²) < 4.78 is 0. The lowest BCUT2D eigenvalue weighted by Gasteiger charge is -2.17. The van der Waals surface area contributed by atoms with Crippen LogP contribution < -0.4 is 27.2 Å². The monoisotopic (exact) mass is 397 g/mol. The Labute approximate surface area is 167 Å². The largest absolute Gasteiger partial charge is 0.380 e. The molecule has 1 amide bonds.